The molecule has 0 aromatic heterocycles. The van der Waals surface area contributed by atoms with E-state index in [0.717, 1.165) is 17.7 Å². The summed E-state index contributed by atoms with van der Waals surface area (Å²) in [5, 5.41) is 2.85. The molecule has 2 rings (SSSR count). The van der Waals surface area contributed by atoms with Crippen molar-refractivity contribution in [3.8, 4) is 0 Å². The molecule has 4 nitrogen and oxygen atoms in total. The van der Waals surface area contributed by atoms with Gasteiger partial charge >= 0.3 is 0 Å². The summed E-state index contributed by atoms with van der Waals surface area (Å²) >= 11 is 0. The molecule has 1 aromatic carbocycles. The Morgan fingerprint density at radius 3 is 2.82 bits per heavy atom. The monoisotopic (exact) mass is 232 g/mol. The molecule has 1 N–H and O–H groups in total. The van der Waals surface area contributed by atoms with Crippen molar-refractivity contribution in [1.82, 2.24) is 5.32 Å². The van der Waals surface area contributed by atoms with E-state index in [1.807, 2.05) is 12.1 Å². The molecule has 0 aliphatic carbocycles. The Hall–Kier alpha value is -1.68. The van der Waals surface area contributed by atoms with Crippen LogP contribution in [0, 0.1) is 0 Å². The molecule has 4 heteroatoms. The number of rotatable bonds is 3. The first-order valence-corrected chi connectivity index (χ1v) is 5.72. The van der Waals surface area contributed by atoms with Gasteiger partial charge in [0.25, 0.3) is 0 Å². The second kappa shape index (κ2) is 4.67. The lowest BCUT2D eigenvalue weighted by Crippen LogP contribution is -2.25. The molecular weight excluding hydrogens is 216 g/mol. The van der Waals surface area contributed by atoms with Gasteiger partial charge in [-0.25, -0.2) is 0 Å². The van der Waals surface area contributed by atoms with Crippen molar-refractivity contribution in [2.45, 2.75) is 13.3 Å². The van der Waals surface area contributed by atoms with E-state index in [4.69, 9.17) is 0 Å². The van der Waals surface area contributed by atoms with Crippen molar-refractivity contribution in [3.05, 3.63) is 29.3 Å². The molecular formula is C13H16N2O2. The number of hydrogen-bond donors (Lipinski definition) is 1. The largest absolute Gasteiger partial charge is 0.313 e. The number of Topliss-reactive ketones (excluding diaryl/α,β-unsaturated/α-hetero) is 1. The van der Waals surface area contributed by atoms with Gasteiger partial charge in [-0.2, -0.15) is 0 Å². The van der Waals surface area contributed by atoms with Crippen LogP contribution in [0.3, 0.4) is 0 Å². The van der Waals surface area contributed by atoms with Crippen molar-refractivity contribution in [1.29, 1.82) is 0 Å². The third-order valence-electron chi connectivity index (χ3n) is 3.01. The van der Waals surface area contributed by atoms with Crippen molar-refractivity contribution in [2.24, 2.45) is 0 Å². The molecule has 0 bridgehead atoms. The number of ketones is 1. The van der Waals surface area contributed by atoms with Crippen LogP contribution < -0.4 is 10.2 Å². The highest BCUT2D eigenvalue weighted by Crippen LogP contribution is 2.28. The Morgan fingerprint density at radius 1 is 1.41 bits per heavy atom. The maximum absolute atomic E-state index is 11.7. The van der Waals surface area contributed by atoms with Crippen molar-refractivity contribution in [2.75, 3.05) is 25.0 Å². The highest BCUT2D eigenvalue weighted by molar-refractivity contribution is 5.99. The van der Waals surface area contributed by atoms with Crippen molar-refractivity contribution < 1.29 is 9.59 Å². The van der Waals surface area contributed by atoms with Crippen LogP contribution in [-0.2, 0) is 11.2 Å². The van der Waals surface area contributed by atoms with Crippen LogP contribution in [0.5, 0.6) is 0 Å². The van der Waals surface area contributed by atoms with Crippen LogP contribution in [0.15, 0.2) is 18.2 Å². The predicted octanol–water partition coefficient (Wildman–Crippen LogP) is 0.998. The Kier molecular flexibility index (Phi) is 3.24. The van der Waals surface area contributed by atoms with Gasteiger partial charge in [-0.1, -0.05) is 0 Å². The SMILES string of the molecule is CNCC(=O)c1ccc2c(c1)CCN2C(C)=O. The summed E-state index contributed by atoms with van der Waals surface area (Å²) in [6, 6.07) is 5.56. The zero-order chi connectivity index (χ0) is 12.4. The molecule has 1 heterocycles. The number of carbonyl (C=O) groups is 2. The first-order chi connectivity index (χ1) is 8.13. The van der Waals surface area contributed by atoms with Gasteiger partial charge in [0.05, 0.1) is 6.54 Å². The quantitative estimate of drug-likeness (QED) is 0.791. The van der Waals surface area contributed by atoms with E-state index < -0.39 is 0 Å². The van der Waals surface area contributed by atoms with Crippen LogP contribution >= 0.6 is 0 Å². The van der Waals surface area contributed by atoms with Crippen LogP contribution in [0.1, 0.15) is 22.8 Å². The zero-order valence-corrected chi connectivity index (χ0v) is 10.1. The number of carbonyl (C=O) groups excluding carboxylic acids is 2. The Labute approximate surface area is 101 Å². The standard InChI is InChI=1S/C13H16N2O2/c1-9(16)15-6-5-10-7-11(3-4-12(10)15)13(17)8-14-2/h3-4,7,14H,5-6,8H2,1-2H3. The third-order valence-corrected chi connectivity index (χ3v) is 3.01. The number of likely N-dealkylation sites (N-methyl/N-ethyl adjacent to an activating group) is 1. The number of hydrogen-bond acceptors (Lipinski definition) is 3. The molecule has 0 atom stereocenters. The Morgan fingerprint density at radius 2 is 2.18 bits per heavy atom. The smallest absolute Gasteiger partial charge is 0.223 e. The average Bonchev–Trinajstić information content (AvgIpc) is 2.71. The molecule has 1 aliphatic rings. The molecule has 0 saturated heterocycles. The molecule has 0 saturated carbocycles. The lowest BCUT2D eigenvalue weighted by atomic mass is 10.1. The molecule has 1 amide bonds. The lowest BCUT2D eigenvalue weighted by Gasteiger charge is -2.14. The minimum Gasteiger partial charge on any atom is -0.313 e. The average molecular weight is 232 g/mol. The summed E-state index contributed by atoms with van der Waals surface area (Å²) in [4.78, 5) is 24.8. The number of benzene rings is 1. The number of nitrogens with one attached hydrogen (secondary N) is 1. The summed E-state index contributed by atoms with van der Waals surface area (Å²) < 4.78 is 0. The fourth-order valence-corrected chi connectivity index (χ4v) is 2.16. The van der Waals surface area contributed by atoms with Gasteiger partial charge in [-0.3, -0.25) is 9.59 Å². The zero-order valence-electron chi connectivity index (χ0n) is 10.1. The van der Waals surface area contributed by atoms with Gasteiger partial charge in [0.1, 0.15) is 0 Å². The summed E-state index contributed by atoms with van der Waals surface area (Å²) in [6.45, 7) is 2.62. The fourth-order valence-electron chi connectivity index (χ4n) is 2.16. The van der Waals surface area contributed by atoms with Gasteiger partial charge in [0.15, 0.2) is 5.78 Å². The number of anilines is 1. The van der Waals surface area contributed by atoms with Crippen LogP contribution in [0.25, 0.3) is 0 Å². The van der Waals surface area contributed by atoms with Gasteiger partial charge in [0.2, 0.25) is 5.91 Å². The van der Waals surface area contributed by atoms with Gasteiger partial charge in [0, 0.05) is 24.7 Å². The highest BCUT2D eigenvalue weighted by atomic mass is 16.2. The topological polar surface area (TPSA) is 49.4 Å². The van der Waals surface area contributed by atoms with Crippen LogP contribution in [0.4, 0.5) is 5.69 Å². The summed E-state index contributed by atoms with van der Waals surface area (Å²) in [7, 11) is 1.75. The summed E-state index contributed by atoms with van der Waals surface area (Å²) in [6.07, 6.45) is 0.829. The lowest BCUT2D eigenvalue weighted by molar-refractivity contribution is -0.116. The second-order valence-corrected chi connectivity index (χ2v) is 4.22. The molecule has 1 aromatic rings. The number of fused-ring (bicyclic) bond motifs is 1. The number of nitrogens with zero attached hydrogens (tertiary/aromatic N) is 1. The van der Waals surface area contributed by atoms with Gasteiger partial charge < -0.3 is 10.2 Å². The van der Waals surface area contributed by atoms with Gasteiger partial charge in [-0.05, 0) is 37.2 Å². The number of amides is 1. The first kappa shape index (κ1) is 11.8. The molecule has 0 radical (unpaired) electrons. The molecule has 0 fully saturated rings. The minimum absolute atomic E-state index is 0.0538. The maximum Gasteiger partial charge on any atom is 0.223 e. The van der Waals surface area contributed by atoms with Crippen molar-refractivity contribution in [3.63, 3.8) is 0 Å². The summed E-state index contributed by atoms with van der Waals surface area (Å²) in [5.74, 6) is 0.134. The van der Waals surface area contributed by atoms with Crippen LogP contribution in [0.2, 0.25) is 0 Å². The van der Waals surface area contributed by atoms with E-state index in [1.165, 1.54) is 0 Å². The van der Waals surface area contributed by atoms with E-state index in [0.29, 0.717) is 18.7 Å². The third kappa shape index (κ3) is 2.22. The Balaban J connectivity index is 2.28. The normalized spacial score (nSPS) is 13.6. The van der Waals surface area contributed by atoms with E-state index in [9.17, 15) is 9.59 Å². The van der Waals surface area contributed by atoms with E-state index in [1.54, 1.807) is 24.9 Å². The highest BCUT2D eigenvalue weighted by Gasteiger charge is 2.22. The molecule has 1 aliphatic heterocycles. The molecule has 17 heavy (non-hydrogen) atoms. The first-order valence-electron chi connectivity index (χ1n) is 5.72. The maximum atomic E-state index is 11.7. The van der Waals surface area contributed by atoms with Gasteiger partial charge in [-0.15, -0.1) is 0 Å². The van der Waals surface area contributed by atoms with E-state index >= 15 is 0 Å². The van der Waals surface area contributed by atoms with E-state index in [2.05, 4.69) is 5.32 Å². The molecule has 0 spiro atoms. The summed E-state index contributed by atoms with van der Waals surface area (Å²) in [5.41, 5.74) is 2.74. The van der Waals surface area contributed by atoms with Crippen LogP contribution in [-0.4, -0.2) is 31.8 Å². The Bertz CT molecular complexity index is 468. The molecule has 0 unspecified atom stereocenters. The van der Waals surface area contributed by atoms with E-state index in [-0.39, 0.29) is 11.7 Å². The fraction of sp³-hybridized carbons (Fsp3) is 0.385. The molecule has 90 valence electrons. The second-order valence-electron chi connectivity index (χ2n) is 4.22. The predicted molar refractivity (Wildman–Crippen MR) is 66.4 cm³/mol. The minimum atomic E-state index is 0.0538. The van der Waals surface area contributed by atoms with Crippen molar-refractivity contribution >= 4 is 17.4 Å².